The third-order valence-corrected chi connectivity index (χ3v) is 2.81. The topological polar surface area (TPSA) is 84.8 Å². The van der Waals surface area contributed by atoms with E-state index in [-0.39, 0.29) is 0 Å². The molecule has 3 N–H and O–H groups in total. The lowest BCUT2D eigenvalue weighted by Crippen LogP contribution is -2.06. The van der Waals surface area contributed by atoms with Gasteiger partial charge in [0.25, 0.3) is 0 Å². The van der Waals surface area contributed by atoms with Crippen LogP contribution in [0.1, 0.15) is 5.69 Å². The number of hydrogen-bond acceptors (Lipinski definition) is 4. The molecule has 68 valence electrons. The number of aryl methyl sites for hydroxylation is 2. The lowest BCUT2D eigenvalue weighted by molar-refractivity contribution is 0.647. The molecule has 0 saturated carbocycles. The molecular weight excluding hydrogens is 176 g/mol. The number of nitrogen functional groups attached to an aromatic ring is 1. The van der Waals surface area contributed by atoms with Gasteiger partial charge in [-0.15, -0.1) is 0 Å². The van der Waals surface area contributed by atoms with Crippen molar-refractivity contribution in [3.8, 4) is 0 Å². The molecule has 0 aliphatic carbocycles. The summed E-state index contributed by atoms with van der Waals surface area (Å²) >= 11 is 0. The van der Waals surface area contributed by atoms with Crippen LogP contribution in [-0.4, -0.2) is 20.2 Å². The Morgan fingerprint density at radius 1 is 1.67 bits per heavy atom. The van der Waals surface area contributed by atoms with E-state index in [9.17, 15) is 4.21 Å². The van der Waals surface area contributed by atoms with Crippen molar-refractivity contribution >= 4 is 15.4 Å². The maximum atomic E-state index is 11.4. The van der Waals surface area contributed by atoms with E-state index in [2.05, 4.69) is 5.10 Å². The quantitative estimate of drug-likeness (QED) is 0.666. The number of nitrogens with zero attached hydrogens (tertiary/aromatic N) is 2. The second kappa shape index (κ2) is 2.48. The standard InChI is InChI=1S/C6H12N4OS/c1-4-5(7)6(10(2)9-4)12(3,8)11/h8H,7H2,1-3H3. The molecule has 12 heavy (non-hydrogen) atoms. The van der Waals surface area contributed by atoms with E-state index in [4.69, 9.17) is 10.5 Å². The summed E-state index contributed by atoms with van der Waals surface area (Å²) < 4.78 is 20.1. The van der Waals surface area contributed by atoms with Gasteiger partial charge in [0.15, 0.2) is 5.03 Å². The first kappa shape index (κ1) is 9.05. The van der Waals surface area contributed by atoms with Gasteiger partial charge in [0.1, 0.15) is 0 Å². The van der Waals surface area contributed by atoms with E-state index < -0.39 is 9.73 Å². The highest BCUT2D eigenvalue weighted by atomic mass is 32.2. The number of hydrogen-bond donors (Lipinski definition) is 2. The molecule has 0 aliphatic rings. The molecule has 6 heteroatoms. The Balaban J connectivity index is 3.54. The molecule has 1 atom stereocenters. The molecule has 0 amide bonds. The van der Waals surface area contributed by atoms with Crippen LogP contribution in [0.4, 0.5) is 5.69 Å². The third kappa shape index (κ3) is 1.29. The molecule has 0 saturated heterocycles. The summed E-state index contributed by atoms with van der Waals surface area (Å²) in [5.41, 5.74) is 6.59. The predicted molar refractivity (Wildman–Crippen MR) is 47.4 cm³/mol. The van der Waals surface area contributed by atoms with E-state index in [1.165, 1.54) is 10.9 Å². The first-order chi connectivity index (χ1) is 5.34. The molecule has 0 spiro atoms. The highest BCUT2D eigenvalue weighted by Crippen LogP contribution is 2.20. The Labute approximate surface area is 71.5 Å². The van der Waals surface area contributed by atoms with Crippen LogP contribution < -0.4 is 5.73 Å². The minimum atomic E-state index is -2.77. The average Bonchev–Trinajstić information content (AvgIpc) is 2.05. The smallest absolute Gasteiger partial charge is 0.156 e. The second-order valence-electron chi connectivity index (χ2n) is 2.77. The maximum Gasteiger partial charge on any atom is 0.156 e. The Kier molecular flexibility index (Phi) is 1.87. The van der Waals surface area contributed by atoms with Gasteiger partial charge in [0.05, 0.1) is 21.1 Å². The van der Waals surface area contributed by atoms with E-state index in [0.29, 0.717) is 16.4 Å². The first-order valence-corrected chi connectivity index (χ1v) is 5.33. The van der Waals surface area contributed by atoms with Crippen LogP contribution >= 0.6 is 0 Å². The summed E-state index contributed by atoms with van der Waals surface area (Å²) in [6.45, 7) is 1.73. The van der Waals surface area contributed by atoms with Gasteiger partial charge < -0.3 is 5.73 Å². The fraction of sp³-hybridized carbons (Fsp3) is 0.500. The van der Waals surface area contributed by atoms with Gasteiger partial charge in [-0.3, -0.25) is 4.68 Å². The van der Waals surface area contributed by atoms with Gasteiger partial charge in [-0.25, -0.2) is 8.99 Å². The van der Waals surface area contributed by atoms with Gasteiger partial charge in [-0.1, -0.05) is 0 Å². The summed E-state index contributed by atoms with van der Waals surface area (Å²) in [5, 5.41) is 4.28. The minimum Gasteiger partial charge on any atom is -0.395 e. The van der Waals surface area contributed by atoms with Crippen LogP contribution in [0.2, 0.25) is 0 Å². The number of nitrogens with two attached hydrogens (primary N) is 1. The van der Waals surface area contributed by atoms with Crippen LogP contribution in [-0.2, 0) is 16.8 Å². The lowest BCUT2D eigenvalue weighted by atomic mass is 10.4. The average molecular weight is 188 g/mol. The van der Waals surface area contributed by atoms with E-state index in [1.807, 2.05) is 0 Å². The summed E-state index contributed by atoms with van der Waals surface area (Å²) in [6.07, 6.45) is 1.33. The monoisotopic (exact) mass is 188 g/mol. The summed E-state index contributed by atoms with van der Waals surface area (Å²) in [7, 11) is -1.13. The van der Waals surface area contributed by atoms with Crippen LogP contribution in [0.25, 0.3) is 0 Å². The van der Waals surface area contributed by atoms with E-state index in [1.54, 1.807) is 14.0 Å². The van der Waals surface area contributed by atoms with Crippen LogP contribution in [0, 0.1) is 11.7 Å². The number of aromatic nitrogens is 2. The zero-order valence-corrected chi connectivity index (χ0v) is 8.10. The number of nitrogens with one attached hydrogen (secondary N) is 1. The first-order valence-electron chi connectivity index (χ1n) is 3.37. The van der Waals surface area contributed by atoms with Crippen molar-refractivity contribution in [2.75, 3.05) is 12.0 Å². The van der Waals surface area contributed by atoms with Gasteiger partial charge in [0.2, 0.25) is 0 Å². The maximum absolute atomic E-state index is 11.4. The van der Waals surface area contributed by atoms with Crippen molar-refractivity contribution in [2.45, 2.75) is 11.9 Å². The molecule has 5 nitrogen and oxygen atoms in total. The summed E-state index contributed by atoms with van der Waals surface area (Å²) in [4.78, 5) is 0. The largest absolute Gasteiger partial charge is 0.395 e. The van der Waals surface area contributed by atoms with Gasteiger partial charge >= 0.3 is 0 Å². The Bertz CT molecular complexity index is 403. The molecule has 1 rings (SSSR count). The number of rotatable bonds is 1. The fourth-order valence-electron chi connectivity index (χ4n) is 1.12. The molecule has 1 unspecified atom stereocenters. The normalized spacial score (nSPS) is 15.9. The molecule has 1 aromatic rings. The molecule has 0 radical (unpaired) electrons. The zero-order valence-electron chi connectivity index (χ0n) is 7.29. The highest BCUT2D eigenvalue weighted by molar-refractivity contribution is 7.91. The third-order valence-electron chi connectivity index (χ3n) is 1.58. The number of anilines is 1. The van der Waals surface area contributed by atoms with Crippen LogP contribution in [0.5, 0.6) is 0 Å². The van der Waals surface area contributed by atoms with Crippen LogP contribution in [0.15, 0.2) is 5.03 Å². The summed E-state index contributed by atoms with van der Waals surface area (Å²) in [5.74, 6) is 0. The molecule has 0 bridgehead atoms. The summed E-state index contributed by atoms with van der Waals surface area (Å²) in [6, 6.07) is 0. The molecule has 0 aliphatic heterocycles. The zero-order chi connectivity index (χ0) is 9.52. The molecule has 0 aromatic carbocycles. The second-order valence-corrected chi connectivity index (χ2v) is 4.85. The highest BCUT2D eigenvalue weighted by Gasteiger charge is 2.16. The van der Waals surface area contributed by atoms with Crippen molar-refractivity contribution in [2.24, 2.45) is 7.05 Å². The van der Waals surface area contributed by atoms with Gasteiger partial charge in [-0.05, 0) is 6.92 Å². The fourth-order valence-corrected chi connectivity index (χ4v) is 2.23. The van der Waals surface area contributed by atoms with Gasteiger partial charge in [-0.2, -0.15) is 5.10 Å². The SMILES string of the molecule is Cc1nn(C)c(S(C)(=N)=O)c1N. The van der Waals surface area contributed by atoms with Crippen molar-refractivity contribution < 1.29 is 4.21 Å². The van der Waals surface area contributed by atoms with Gasteiger partial charge in [0, 0.05) is 13.3 Å². The van der Waals surface area contributed by atoms with E-state index in [0.717, 1.165) is 0 Å². The Morgan fingerprint density at radius 3 is 2.33 bits per heavy atom. The van der Waals surface area contributed by atoms with Crippen LogP contribution in [0.3, 0.4) is 0 Å². The Hall–Kier alpha value is -1.04. The predicted octanol–water partition coefficient (Wildman–Crippen LogP) is 0.346. The molecule has 1 aromatic heterocycles. The van der Waals surface area contributed by atoms with Crippen molar-refractivity contribution in [3.63, 3.8) is 0 Å². The molecule has 0 fully saturated rings. The molecular formula is C6H12N4OS. The van der Waals surface area contributed by atoms with Crippen molar-refractivity contribution in [1.82, 2.24) is 9.78 Å². The lowest BCUT2D eigenvalue weighted by Gasteiger charge is -2.01. The van der Waals surface area contributed by atoms with Crippen molar-refractivity contribution in [1.29, 1.82) is 4.78 Å². The Morgan fingerprint density at radius 2 is 2.17 bits per heavy atom. The van der Waals surface area contributed by atoms with Crippen molar-refractivity contribution in [3.05, 3.63) is 5.69 Å². The minimum absolute atomic E-state index is 0.306. The van der Waals surface area contributed by atoms with E-state index >= 15 is 0 Å². The molecule has 1 heterocycles.